The first-order valence-electron chi connectivity index (χ1n) is 7.88. The Bertz CT molecular complexity index is 942. The largest absolute Gasteiger partial charge is 0.342 e. The van der Waals surface area contributed by atoms with E-state index in [-0.39, 0.29) is 23.1 Å². The number of thiophene rings is 1. The molecule has 0 fully saturated rings. The second kappa shape index (κ2) is 7.33. The van der Waals surface area contributed by atoms with Crippen LogP contribution in [0.1, 0.15) is 43.9 Å². The summed E-state index contributed by atoms with van der Waals surface area (Å²) in [7, 11) is 0. The number of pyridine rings is 1. The normalized spacial score (nSPS) is 12.1. The number of rotatable bonds is 5. The molecule has 0 aromatic carbocycles. The smallest absolute Gasteiger partial charge is 0.261 e. The van der Waals surface area contributed by atoms with Gasteiger partial charge in [-0.25, -0.2) is 4.98 Å². The van der Waals surface area contributed by atoms with Gasteiger partial charge in [0, 0.05) is 23.2 Å². The van der Waals surface area contributed by atoms with Gasteiger partial charge in [0.2, 0.25) is 0 Å². The van der Waals surface area contributed by atoms with Crippen molar-refractivity contribution in [2.24, 2.45) is 0 Å². The van der Waals surface area contributed by atoms with Gasteiger partial charge in [-0.2, -0.15) is 11.3 Å². The lowest BCUT2D eigenvalue weighted by atomic mass is 10.1. The molecule has 2 N–H and O–H groups in total. The number of carbonyl (C=O) groups excluding carboxylic acids is 1. The Kier molecular flexibility index (Phi) is 5.15. The van der Waals surface area contributed by atoms with Crippen LogP contribution in [0.3, 0.4) is 0 Å². The lowest BCUT2D eigenvalue weighted by molar-refractivity contribution is 0.0934. The predicted octanol–water partition coefficient (Wildman–Crippen LogP) is 3.53. The van der Waals surface area contributed by atoms with Crippen LogP contribution in [-0.2, 0) is 6.42 Å². The second-order valence-electron chi connectivity index (χ2n) is 6.03. The van der Waals surface area contributed by atoms with Crippen molar-refractivity contribution in [3.63, 3.8) is 0 Å². The summed E-state index contributed by atoms with van der Waals surface area (Å²) < 4.78 is 0. The molecule has 3 heterocycles. The Hall–Kier alpha value is -2.25. The maximum absolute atomic E-state index is 12.8. The van der Waals surface area contributed by atoms with Crippen molar-refractivity contribution in [1.29, 1.82) is 0 Å². The van der Waals surface area contributed by atoms with Gasteiger partial charge in [0.25, 0.3) is 11.5 Å². The van der Waals surface area contributed by atoms with E-state index in [0.717, 1.165) is 22.0 Å². The molecule has 0 bridgehead atoms. The van der Waals surface area contributed by atoms with E-state index in [1.165, 1.54) is 11.3 Å². The first kappa shape index (κ1) is 17.6. The van der Waals surface area contributed by atoms with Crippen LogP contribution < -0.4 is 10.9 Å². The number of hydrogen-bond donors (Lipinski definition) is 2. The molecule has 0 spiro atoms. The lowest BCUT2D eigenvalue weighted by Crippen LogP contribution is -2.34. The number of aromatic amines is 1. The van der Waals surface area contributed by atoms with Crippen LogP contribution in [0, 0.1) is 20.8 Å². The topological polar surface area (TPSA) is 74.8 Å². The Morgan fingerprint density at radius 1 is 1.32 bits per heavy atom. The Labute approximate surface area is 153 Å². The minimum atomic E-state index is -0.369. The molecule has 1 amide bonds. The average molecular weight is 374 g/mol. The van der Waals surface area contributed by atoms with Gasteiger partial charge in [-0.05, 0) is 54.8 Å². The van der Waals surface area contributed by atoms with Crippen LogP contribution in [0.15, 0.2) is 33.1 Å². The van der Waals surface area contributed by atoms with E-state index in [1.807, 2.05) is 23.8 Å². The average Bonchev–Trinajstić information content (AvgIpc) is 3.17. The minimum absolute atomic E-state index is 0.161. The number of H-pyrrole nitrogens is 1. The second-order valence-corrected chi connectivity index (χ2v) is 7.70. The zero-order chi connectivity index (χ0) is 18.0. The van der Waals surface area contributed by atoms with Gasteiger partial charge < -0.3 is 10.3 Å². The lowest BCUT2D eigenvalue weighted by Gasteiger charge is -2.17. The van der Waals surface area contributed by atoms with Crippen molar-refractivity contribution in [3.05, 3.63) is 71.7 Å². The van der Waals surface area contributed by atoms with Gasteiger partial charge in [0.05, 0.1) is 6.04 Å². The monoisotopic (exact) mass is 373 g/mol. The molecule has 1 unspecified atom stereocenters. The van der Waals surface area contributed by atoms with Gasteiger partial charge in [0.15, 0.2) is 0 Å². The molecule has 7 heteroatoms. The van der Waals surface area contributed by atoms with Crippen LogP contribution in [0.5, 0.6) is 0 Å². The molecule has 0 aliphatic heterocycles. The summed E-state index contributed by atoms with van der Waals surface area (Å²) in [5, 5.41) is 9.88. The van der Waals surface area contributed by atoms with Crippen molar-refractivity contribution in [1.82, 2.24) is 15.3 Å². The predicted molar refractivity (Wildman–Crippen MR) is 102 cm³/mol. The Balaban J connectivity index is 1.90. The highest BCUT2D eigenvalue weighted by molar-refractivity contribution is 7.09. The molecule has 3 rings (SSSR count). The highest BCUT2D eigenvalue weighted by Crippen LogP contribution is 2.23. The third kappa shape index (κ3) is 4.05. The van der Waals surface area contributed by atoms with Gasteiger partial charge in [0.1, 0.15) is 10.6 Å². The number of carbonyl (C=O) groups is 1. The van der Waals surface area contributed by atoms with Crippen LogP contribution in [-0.4, -0.2) is 15.9 Å². The molecule has 0 radical (unpaired) electrons. The third-order valence-corrected chi connectivity index (χ3v) is 5.66. The molecule has 1 atom stereocenters. The van der Waals surface area contributed by atoms with Crippen molar-refractivity contribution >= 4 is 28.6 Å². The summed E-state index contributed by atoms with van der Waals surface area (Å²) in [6.45, 7) is 5.50. The fraction of sp³-hybridized carbons (Fsp3) is 0.278. The van der Waals surface area contributed by atoms with E-state index in [1.54, 1.807) is 31.3 Å². The summed E-state index contributed by atoms with van der Waals surface area (Å²) >= 11 is 3.14. The van der Waals surface area contributed by atoms with E-state index in [2.05, 4.69) is 20.7 Å². The summed E-state index contributed by atoms with van der Waals surface area (Å²) in [6.07, 6.45) is 0.644. The van der Waals surface area contributed by atoms with Crippen LogP contribution in [0.2, 0.25) is 0 Å². The van der Waals surface area contributed by atoms with E-state index >= 15 is 0 Å². The first-order valence-corrected chi connectivity index (χ1v) is 9.71. The SMILES string of the molecule is Cc1csc(C(Cc2ccsc2)NC(=O)c2c(C)cc(C)[nH]c2=O)n1. The maximum Gasteiger partial charge on any atom is 0.261 e. The van der Waals surface area contributed by atoms with Crippen molar-refractivity contribution in [3.8, 4) is 0 Å². The number of hydrogen-bond acceptors (Lipinski definition) is 5. The number of thiazole rings is 1. The number of aromatic nitrogens is 2. The van der Waals surface area contributed by atoms with Gasteiger partial charge in [-0.15, -0.1) is 11.3 Å². The fourth-order valence-corrected chi connectivity index (χ4v) is 4.27. The number of amides is 1. The molecule has 0 aliphatic rings. The molecule has 0 aliphatic carbocycles. The summed E-state index contributed by atoms with van der Waals surface area (Å²) in [6, 6.07) is 3.58. The minimum Gasteiger partial charge on any atom is -0.342 e. The highest BCUT2D eigenvalue weighted by Gasteiger charge is 2.22. The van der Waals surface area contributed by atoms with E-state index in [0.29, 0.717) is 12.0 Å². The quantitative estimate of drug-likeness (QED) is 0.718. The third-order valence-electron chi connectivity index (χ3n) is 3.85. The zero-order valence-corrected chi connectivity index (χ0v) is 15.9. The number of aryl methyl sites for hydroxylation is 3. The molecular formula is C18H19N3O2S2. The standard InChI is InChI=1S/C18H19N3O2S2/c1-10-6-11(2)19-16(22)15(10)17(23)21-14(7-13-4-5-24-9-13)18-20-12(3)8-25-18/h4-6,8-9,14H,7H2,1-3H3,(H,19,22)(H,21,23). The van der Waals surface area contributed by atoms with Crippen molar-refractivity contribution < 1.29 is 4.79 Å². The number of nitrogens with one attached hydrogen (secondary N) is 2. The number of nitrogens with zero attached hydrogens (tertiary/aromatic N) is 1. The van der Waals surface area contributed by atoms with Crippen LogP contribution in [0.4, 0.5) is 0 Å². The van der Waals surface area contributed by atoms with Gasteiger partial charge >= 0.3 is 0 Å². The van der Waals surface area contributed by atoms with Crippen molar-refractivity contribution in [2.75, 3.05) is 0 Å². The van der Waals surface area contributed by atoms with Crippen LogP contribution >= 0.6 is 22.7 Å². The molecule has 0 saturated carbocycles. The van der Waals surface area contributed by atoms with E-state index < -0.39 is 0 Å². The van der Waals surface area contributed by atoms with Crippen LogP contribution in [0.25, 0.3) is 0 Å². The molecule has 3 aromatic rings. The van der Waals surface area contributed by atoms with Gasteiger partial charge in [-0.3, -0.25) is 9.59 Å². The Morgan fingerprint density at radius 3 is 2.72 bits per heavy atom. The maximum atomic E-state index is 12.8. The summed E-state index contributed by atoms with van der Waals surface area (Å²) in [5.41, 5.74) is 3.27. The van der Waals surface area contributed by atoms with Gasteiger partial charge in [-0.1, -0.05) is 0 Å². The summed E-state index contributed by atoms with van der Waals surface area (Å²) in [4.78, 5) is 32.2. The molecule has 5 nitrogen and oxygen atoms in total. The van der Waals surface area contributed by atoms with E-state index in [4.69, 9.17) is 0 Å². The van der Waals surface area contributed by atoms with E-state index in [9.17, 15) is 9.59 Å². The summed E-state index contributed by atoms with van der Waals surface area (Å²) in [5.74, 6) is -0.369. The zero-order valence-electron chi connectivity index (χ0n) is 14.3. The molecule has 130 valence electrons. The molecule has 0 saturated heterocycles. The fourth-order valence-electron chi connectivity index (χ4n) is 2.74. The highest BCUT2D eigenvalue weighted by atomic mass is 32.1. The molecular weight excluding hydrogens is 354 g/mol. The van der Waals surface area contributed by atoms with Crippen molar-refractivity contribution in [2.45, 2.75) is 33.2 Å². The Morgan fingerprint density at radius 2 is 2.12 bits per heavy atom. The molecule has 3 aromatic heterocycles. The first-order chi connectivity index (χ1) is 11.9. The molecule has 25 heavy (non-hydrogen) atoms.